The summed E-state index contributed by atoms with van der Waals surface area (Å²) in [5, 5.41) is 8.30. The van der Waals surface area contributed by atoms with E-state index in [-0.39, 0.29) is 5.69 Å². The summed E-state index contributed by atoms with van der Waals surface area (Å²) in [4.78, 5) is 12.3. The van der Waals surface area contributed by atoms with Gasteiger partial charge in [-0.2, -0.15) is 10.2 Å². The number of hydrogen-bond donors (Lipinski definition) is 1. The van der Waals surface area contributed by atoms with Crippen LogP contribution < -0.4 is 14.9 Å². The van der Waals surface area contributed by atoms with E-state index in [1.807, 2.05) is 24.3 Å². The van der Waals surface area contributed by atoms with Gasteiger partial charge in [0.1, 0.15) is 11.5 Å². The molecule has 1 amide bonds. The molecule has 9 heteroatoms. The fraction of sp³-hybridized carbons (Fsp3) is 0.150. The summed E-state index contributed by atoms with van der Waals surface area (Å²) in [6.07, 6.45) is 3.25. The van der Waals surface area contributed by atoms with Crippen LogP contribution in [0.2, 0.25) is 0 Å². The van der Waals surface area contributed by atoms with Crippen molar-refractivity contribution in [3.05, 3.63) is 74.4 Å². The van der Waals surface area contributed by atoms with Crippen LogP contribution in [0.15, 0.2) is 62.7 Å². The van der Waals surface area contributed by atoms with Gasteiger partial charge in [-0.3, -0.25) is 9.48 Å². The highest BCUT2D eigenvalue weighted by atomic mass is 79.9. The normalized spacial score (nSPS) is 10.9. The number of rotatable bonds is 7. The van der Waals surface area contributed by atoms with E-state index in [2.05, 4.69) is 47.5 Å². The molecular weight excluding hydrogens is 504 g/mol. The zero-order valence-corrected chi connectivity index (χ0v) is 18.9. The Morgan fingerprint density at radius 1 is 1.14 bits per heavy atom. The zero-order valence-electron chi connectivity index (χ0n) is 15.7. The molecule has 2 aromatic carbocycles. The third-order valence-corrected chi connectivity index (χ3v) is 5.15. The number of hydrazone groups is 1. The van der Waals surface area contributed by atoms with Gasteiger partial charge in [0.25, 0.3) is 5.91 Å². The van der Waals surface area contributed by atoms with E-state index in [1.165, 1.54) is 6.21 Å². The number of carbonyl (C=O) groups excluding carboxylic acids is 1. The number of amides is 1. The summed E-state index contributed by atoms with van der Waals surface area (Å²) in [7, 11) is 3.13. The lowest BCUT2D eigenvalue weighted by atomic mass is 10.2. The van der Waals surface area contributed by atoms with Crippen molar-refractivity contribution in [3.8, 4) is 11.5 Å². The van der Waals surface area contributed by atoms with Crippen LogP contribution in [0.3, 0.4) is 0 Å². The van der Waals surface area contributed by atoms with E-state index >= 15 is 0 Å². The SMILES string of the molecule is COc1cc(OC)c(/C=N\NC(=O)c2ccn(Cc3ccc(Br)cc3)n2)cc1Br. The van der Waals surface area contributed by atoms with E-state index in [0.717, 1.165) is 14.5 Å². The number of carbonyl (C=O) groups is 1. The second-order valence-electron chi connectivity index (χ2n) is 5.95. The Hall–Kier alpha value is -2.65. The van der Waals surface area contributed by atoms with Crippen LogP contribution in [-0.2, 0) is 6.54 Å². The molecule has 29 heavy (non-hydrogen) atoms. The molecule has 0 unspecified atom stereocenters. The van der Waals surface area contributed by atoms with Gasteiger partial charge in [-0.15, -0.1) is 0 Å². The first kappa shape index (κ1) is 21.1. The molecule has 0 radical (unpaired) electrons. The standard InChI is InChI=1S/C20H18Br2N4O3/c1-28-18-10-19(29-2)16(22)9-14(18)11-23-24-20(27)17-7-8-26(25-17)12-13-3-5-15(21)6-4-13/h3-11H,12H2,1-2H3,(H,24,27)/b23-11-. The van der Waals surface area contributed by atoms with E-state index in [0.29, 0.717) is 23.6 Å². The third-order valence-electron chi connectivity index (χ3n) is 4.01. The van der Waals surface area contributed by atoms with Crippen molar-refractivity contribution < 1.29 is 14.3 Å². The summed E-state index contributed by atoms with van der Waals surface area (Å²) >= 11 is 6.83. The minimum absolute atomic E-state index is 0.280. The maximum absolute atomic E-state index is 12.3. The van der Waals surface area contributed by atoms with Gasteiger partial charge in [-0.25, -0.2) is 5.43 Å². The Bertz CT molecular complexity index is 1030. The van der Waals surface area contributed by atoms with Crippen LogP contribution in [0.25, 0.3) is 0 Å². The van der Waals surface area contributed by atoms with Crippen LogP contribution in [0, 0.1) is 0 Å². The lowest BCUT2D eigenvalue weighted by Crippen LogP contribution is -2.18. The Labute approximate surface area is 185 Å². The van der Waals surface area contributed by atoms with Crippen molar-refractivity contribution in [3.63, 3.8) is 0 Å². The first-order chi connectivity index (χ1) is 14.0. The number of ether oxygens (including phenoxy) is 2. The predicted molar refractivity (Wildman–Crippen MR) is 118 cm³/mol. The number of hydrogen-bond acceptors (Lipinski definition) is 5. The molecule has 0 fully saturated rings. The van der Waals surface area contributed by atoms with Crippen molar-refractivity contribution >= 4 is 44.0 Å². The van der Waals surface area contributed by atoms with Crippen molar-refractivity contribution in [2.75, 3.05) is 14.2 Å². The van der Waals surface area contributed by atoms with Crippen molar-refractivity contribution in [2.45, 2.75) is 6.54 Å². The Balaban J connectivity index is 1.64. The molecule has 0 spiro atoms. The van der Waals surface area contributed by atoms with Crippen molar-refractivity contribution in [2.24, 2.45) is 5.10 Å². The van der Waals surface area contributed by atoms with Gasteiger partial charge in [0.15, 0.2) is 5.69 Å². The zero-order chi connectivity index (χ0) is 20.8. The molecule has 150 valence electrons. The molecule has 1 aromatic heterocycles. The topological polar surface area (TPSA) is 77.7 Å². The minimum Gasteiger partial charge on any atom is -0.496 e. The van der Waals surface area contributed by atoms with Gasteiger partial charge in [0.2, 0.25) is 0 Å². The molecule has 0 aliphatic carbocycles. The maximum atomic E-state index is 12.3. The number of benzene rings is 2. The average Bonchev–Trinajstić information content (AvgIpc) is 3.18. The summed E-state index contributed by atoms with van der Waals surface area (Å²) < 4.78 is 14.0. The second kappa shape index (κ2) is 9.71. The van der Waals surface area contributed by atoms with E-state index < -0.39 is 5.91 Å². The van der Waals surface area contributed by atoms with E-state index in [9.17, 15) is 4.79 Å². The van der Waals surface area contributed by atoms with E-state index in [1.54, 1.807) is 43.3 Å². The number of halogens is 2. The number of aromatic nitrogens is 2. The maximum Gasteiger partial charge on any atom is 0.291 e. The van der Waals surface area contributed by atoms with Gasteiger partial charge in [-0.05, 0) is 45.8 Å². The van der Waals surface area contributed by atoms with Gasteiger partial charge in [0.05, 0.1) is 31.5 Å². The summed E-state index contributed by atoms with van der Waals surface area (Å²) in [6.45, 7) is 0.570. The molecule has 7 nitrogen and oxygen atoms in total. The van der Waals surface area contributed by atoms with Crippen LogP contribution in [0.5, 0.6) is 11.5 Å². The smallest absolute Gasteiger partial charge is 0.291 e. The van der Waals surface area contributed by atoms with Crippen molar-refractivity contribution in [1.82, 2.24) is 15.2 Å². The minimum atomic E-state index is -0.401. The second-order valence-corrected chi connectivity index (χ2v) is 7.72. The fourth-order valence-corrected chi connectivity index (χ4v) is 3.34. The lowest BCUT2D eigenvalue weighted by Gasteiger charge is -2.09. The summed E-state index contributed by atoms with van der Waals surface area (Å²) in [6, 6.07) is 13.1. The fourth-order valence-electron chi connectivity index (χ4n) is 2.55. The molecule has 0 aliphatic heterocycles. The first-order valence-corrected chi connectivity index (χ1v) is 10.1. The van der Waals surface area contributed by atoms with Crippen LogP contribution >= 0.6 is 31.9 Å². The molecular formula is C20H18Br2N4O3. The van der Waals surface area contributed by atoms with Gasteiger partial charge in [-0.1, -0.05) is 28.1 Å². The molecule has 0 bridgehead atoms. The molecule has 0 saturated carbocycles. The molecule has 1 N–H and O–H groups in total. The van der Waals surface area contributed by atoms with Gasteiger partial charge >= 0.3 is 0 Å². The quantitative estimate of drug-likeness (QED) is 0.372. The summed E-state index contributed by atoms with van der Waals surface area (Å²) in [5.41, 5.74) is 4.52. The van der Waals surface area contributed by atoms with Crippen LogP contribution in [-0.4, -0.2) is 36.1 Å². The predicted octanol–water partition coefficient (Wildman–Crippen LogP) is 4.24. The molecule has 0 saturated heterocycles. The Kier molecular flexibility index (Phi) is 7.05. The van der Waals surface area contributed by atoms with Gasteiger partial charge < -0.3 is 9.47 Å². The van der Waals surface area contributed by atoms with Crippen LogP contribution in [0.1, 0.15) is 21.6 Å². The Morgan fingerprint density at radius 2 is 1.86 bits per heavy atom. The highest BCUT2D eigenvalue weighted by molar-refractivity contribution is 9.10. The number of nitrogens with one attached hydrogen (secondary N) is 1. The average molecular weight is 522 g/mol. The van der Waals surface area contributed by atoms with Crippen molar-refractivity contribution in [1.29, 1.82) is 0 Å². The Morgan fingerprint density at radius 3 is 2.55 bits per heavy atom. The molecule has 1 heterocycles. The number of nitrogens with zero attached hydrogens (tertiary/aromatic N) is 3. The molecule has 0 aliphatic rings. The molecule has 3 rings (SSSR count). The lowest BCUT2D eigenvalue weighted by molar-refractivity contribution is 0.0949. The summed E-state index contributed by atoms with van der Waals surface area (Å²) in [5.74, 6) is 0.809. The van der Waals surface area contributed by atoms with Crippen LogP contribution in [0.4, 0.5) is 0 Å². The third kappa shape index (κ3) is 5.45. The highest BCUT2D eigenvalue weighted by Gasteiger charge is 2.10. The number of methoxy groups -OCH3 is 2. The highest BCUT2D eigenvalue weighted by Crippen LogP contribution is 2.31. The van der Waals surface area contributed by atoms with E-state index in [4.69, 9.17) is 9.47 Å². The largest absolute Gasteiger partial charge is 0.496 e. The van der Waals surface area contributed by atoms with Gasteiger partial charge in [0, 0.05) is 22.3 Å². The first-order valence-electron chi connectivity index (χ1n) is 8.53. The molecule has 0 atom stereocenters. The monoisotopic (exact) mass is 520 g/mol. The molecule has 3 aromatic rings.